The number of rotatable bonds is 6. The van der Waals surface area contributed by atoms with Crippen LogP contribution in [0.15, 0.2) is 18.2 Å². The maximum Gasteiger partial charge on any atom is 0.276 e. The van der Waals surface area contributed by atoms with Gasteiger partial charge in [0.1, 0.15) is 17.7 Å². The van der Waals surface area contributed by atoms with E-state index in [1.807, 2.05) is 6.92 Å². The van der Waals surface area contributed by atoms with Crippen LogP contribution in [-0.4, -0.2) is 24.2 Å². The van der Waals surface area contributed by atoms with Crippen LogP contribution in [0.3, 0.4) is 0 Å². The molecule has 5 nitrogen and oxygen atoms in total. The van der Waals surface area contributed by atoms with Gasteiger partial charge in [-0.25, -0.2) is 4.39 Å². The average Bonchev–Trinajstić information content (AvgIpc) is 2.25. The second-order valence-electron chi connectivity index (χ2n) is 3.49. The van der Waals surface area contributed by atoms with Gasteiger partial charge in [0.25, 0.3) is 5.69 Å². The van der Waals surface area contributed by atoms with Crippen molar-refractivity contribution in [2.75, 3.05) is 13.2 Å². The van der Waals surface area contributed by atoms with Crippen LogP contribution in [0.25, 0.3) is 0 Å². The van der Waals surface area contributed by atoms with Gasteiger partial charge < -0.3 is 9.47 Å². The van der Waals surface area contributed by atoms with Crippen molar-refractivity contribution in [1.29, 1.82) is 0 Å². The van der Waals surface area contributed by atoms with Crippen molar-refractivity contribution < 1.29 is 18.8 Å². The normalized spacial score (nSPS) is 12.2. The van der Waals surface area contributed by atoms with Gasteiger partial charge in [0, 0.05) is 12.7 Å². The summed E-state index contributed by atoms with van der Waals surface area (Å²) < 4.78 is 23.5. The van der Waals surface area contributed by atoms with E-state index in [4.69, 9.17) is 9.47 Å². The Labute approximate surface area is 98.3 Å². The maximum absolute atomic E-state index is 13.1. The monoisotopic (exact) mass is 243 g/mol. The van der Waals surface area contributed by atoms with E-state index in [-0.39, 0.29) is 17.5 Å². The molecule has 17 heavy (non-hydrogen) atoms. The first-order valence-electron chi connectivity index (χ1n) is 5.22. The minimum Gasteiger partial charge on any atom is -0.488 e. The summed E-state index contributed by atoms with van der Waals surface area (Å²) in [5.74, 6) is -0.568. The second kappa shape index (κ2) is 6.15. The highest BCUT2D eigenvalue weighted by molar-refractivity contribution is 5.38. The van der Waals surface area contributed by atoms with E-state index in [1.54, 1.807) is 6.92 Å². The highest BCUT2D eigenvalue weighted by atomic mass is 19.1. The summed E-state index contributed by atoms with van der Waals surface area (Å²) in [6, 6.07) is 3.14. The van der Waals surface area contributed by atoms with Gasteiger partial charge in [-0.1, -0.05) is 0 Å². The number of ether oxygens (including phenoxy) is 2. The van der Waals surface area contributed by atoms with Crippen molar-refractivity contribution in [3.05, 3.63) is 34.1 Å². The number of nitro benzene ring substituents is 1. The minimum absolute atomic E-state index is 0.129. The molecule has 6 heteroatoms. The van der Waals surface area contributed by atoms with E-state index in [9.17, 15) is 14.5 Å². The maximum atomic E-state index is 13.1. The van der Waals surface area contributed by atoms with Crippen LogP contribution < -0.4 is 4.74 Å². The van der Waals surface area contributed by atoms with Gasteiger partial charge in [-0.05, 0) is 13.8 Å². The Balaban J connectivity index is 2.73. The lowest BCUT2D eigenvalue weighted by atomic mass is 10.3. The molecule has 0 aromatic heterocycles. The molecule has 0 aliphatic carbocycles. The highest BCUT2D eigenvalue weighted by Crippen LogP contribution is 2.22. The van der Waals surface area contributed by atoms with Gasteiger partial charge in [-0.2, -0.15) is 0 Å². The lowest BCUT2D eigenvalue weighted by Gasteiger charge is -2.14. The Bertz CT molecular complexity index is 397. The van der Waals surface area contributed by atoms with E-state index in [0.29, 0.717) is 13.2 Å². The number of halogens is 1. The molecule has 0 amide bonds. The van der Waals surface area contributed by atoms with Crippen molar-refractivity contribution in [3.63, 3.8) is 0 Å². The smallest absolute Gasteiger partial charge is 0.276 e. The van der Waals surface area contributed by atoms with E-state index in [1.165, 1.54) is 6.07 Å². The predicted octanol–water partition coefficient (Wildman–Crippen LogP) is 2.54. The van der Waals surface area contributed by atoms with Crippen LogP contribution in [0.1, 0.15) is 13.8 Å². The van der Waals surface area contributed by atoms with Crippen molar-refractivity contribution in [2.24, 2.45) is 0 Å². The molecule has 0 aliphatic rings. The van der Waals surface area contributed by atoms with Crippen LogP contribution in [-0.2, 0) is 4.74 Å². The molecule has 0 saturated carbocycles. The van der Waals surface area contributed by atoms with Crippen LogP contribution in [0.2, 0.25) is 0 Å². The number of nitro groups is 1. The summed E-state index contributed by atoms with van der Waals surface area (Å²) in [5.41, 5.74) is -0.330. The SMILES string of the molecule is CCOCC(C)Oc1cc(F)cc([N+](=O)[O-])c1. The first kappa shape index (κ1) is 13.4. The van der Waals surface area contributed by atoms with Crippen LogP contribution in [0.5, 0.6) is 5.75 Å². The molecule has 1 unspecified atom stereocenters. The van der Waals surface area contributed by atoms with Crippen molar-refractivity contribution in [1.82, 2.24) is 0 Å². The second-order valence-corrected chi connectivity index (χ2v) is 3.49. The Morgan fingerprint density at radius 3 is 2.76 bits per heavy atom. The van der Waals surface area contributed by atoms with Crippen LogP contribution in [0, 0.1) is 15.9 Å². The molecular formula is C11H14FNO4. The Morgan fingerprint density at radius 1 is 1.47 bits per heavy atom. The molecule has 1 atom stereocenters. The lowest BCUT2D eigenvalue weighted by Crippen LogP contribution is -2.19. The number of benzene rings is 1. The summed E-state index contributed by atoms with van der Waals surface area (Å²) >= 11 is 0. The fraction of sp³-hybridized carbons (Fsp3) is 0.455. The standard InChI is InChI=1S/C11H14FNO4/c1-3-16-7-8(2)17-11-5-9(12)4-10(6-11)13(14)15/h4-6,8H,3,7H2,1-2H3. The quantitative estimate of drug-likeness (QED) is 0.569. The largest absolute Gasteiger partial charge is 0.488 e. The Morgan fingerprint density at radius 2 is 2.18 bits per heavy atom. The van der Waals surface area contributed by atoms with Gasteiger partial charge >= 0.3 is 0 Å². The van der Waals surface area contributed by atoms with Gasteiger partial charge in [0.05, 0.1) is 23.7 Å². The molecule has 0 heterocycles. The van der Waals surface area contributed by atoms with Gasteiger partial charge in [-0.15, -0.1) is 0 Å². The van der Waals surface area contributed by atoms with Gasteiger partial charge in [-0.3, -0.25) is 10.1 Å². The minimum atomic E-state index is -0.696. The molecular weight excluding hydrogens is 229 g/mol. The highest BCUT2D eigenvalue weighted by Gasteiger charge is 2.12. The summed E-state index contributed by atoms with van der Waals surface area (Å²) in [4.78, 5) is 9.86. The van der Waals surface area contributed by atoms with E-state index < -0.39 is 10.7 Å². The Kier molecular flexibility index (Phi) is 4.84. The summed E-state index contributed by atoms with van der Waals surface area (Å²) in [6.45, 7) is 4.49. The van der Waals surface area contributed by atoms with Gasteiger partial charge in [0.2, 0.25) is 0 Å². The third-order valence-corrected chi connectivity index (χ3v) is 1.96. The fourth-order valence-corrected chi connectivity index (χ4v) is 1.27. The summed E-state index contributed by atoms with van der Waals surface area (Å²) in [7, 11) is 0. The molecule has 94 valence electrons. The molecule has 1 rings (SSSR count). The molecule has 1 aromatic rings. The van der Waals surface area contributed by atoms with Crippen molar-refractivity contribution in [3.8, 4) is 5.75 Å². The molecule has 0 N–H and O–H groups in total. The number of nitrogens with zero attached hydrogens (tertiary/aromatic N) is 1. The lowest BCUT2D eigenvalue weighted by molar-refractivity contribution is -0.385. The topological polar surface area (TPSA) is 61.6 Å². The van der Waals surface area contributed by atoms with Crippen molar-refractivity contribution in [2.45, 2.75) is 20.0 Å². The first-order valence-corrected chi connectivity index (χ1v) is 5.22. The number of hydrogen-bond donors (Lipinski definition) is 0. The fourth-order valence-electron chi connectivity index (χ4n) is 1.27. The Hall–Kier alpha value is -1.69. The molecule has 0 fully saturated rings. The van der Waals surface area contributed by atoms with E-state index in [2.05, 4.69) is 0 Å². The molecule has 0 spiro atoms. The third kappa shape index (κ3) is 4.36. The molecule has 1 aromatic carbocycles. The summed E-state index contributed by atoms with van der Waals surface area (Å²) in [5, 5.41) is 10.5. The average molecular weight is 243 g/mol. The molecule has 0 saturated heterocycles. The summed E-state index contributed by atoms with van der Waals surface area (Å²) in [6.07, 6.45) is -0.295. The third-order valence-electron chi connectivity index (χ3n) is 1.96. The van der Waals surface area contributed by atoms with E-state index in [0.717, 1.165) is 12.1 Å². The van der Waals surface area contributed by atoms with Crippen molar-refractivity contribution >= 4 is 5.69 Å². The van der Waals surface area contributed by atoms with E-state index >= 15 is 0 Å². The zero-order valence-corrected chi connectivity index (χ0v) is 9.68. The molecule has 0 aliphatic heterocycles. The number of hydrogen-bond acceptors (Lipinski definition) is 4. The zero-order chi connectivity index (χ0) is 12.8. The predicted molar refractivity (Wildman–Crippen MR) is 59.6 cm³/mol. The molecule has 0 bridgehead atoms. The molecule has 0 radical (unpaired) electrons. The first-order chi connectivity index (χ1) is 8.02. The zero-order valence-electron chi connectivity index (χ0n) is 9.68. The number of non-ortho nitro benzene ring substituents is 1. The van der Waals surface area contributed by atoms with Crippen LogP contribution >= 0.6 is 0 Å². The van der Waals surface area contributed by atoms with Crippen LogP contribution in [0.4, 0.5) is 10.1 Å². The van der Waals surface area contributed by atoms with Gasteiger partial charge in [0.15, 0.2) is 0 Å².